The molecule has 0 heterocycles. The van der Waals surface area contributed by atoms with Crippen molar-refractivity contribution >= 4 is 35.0 Å². The fourth-order valence-corrected chi connectivity index (χ4v) is 1.93. The zero-order valence-electron chi connectivity index (χ0n) is 6.68. The molecule has 0 nitrogen and oxygen atoms in total. The molecule has 0 atom stereocenters. The molecular weight excluding hydrogens is 256 g/mol. The Labute approximate surface area is 93.4 Å². The molecule has 0 amide bonds. The predicted molar refractivity (Wildman–Crippen MR) is 52.8 cm³/mol. The largest absolute Gasteiger partial charge is 0.431 e. The van der Waals surface area contributed by atoms with Crippen LogP contribution in [-0.2, 0) is 0 Å². The van der Waals surface area contributed by atoms with Crippen molar-refractivity contribution in [3.8, 4) is 0 Å². The van der Waals surface area contributed by atoms with Crippen LogP contribution in [0.1, 0.15) is 0 Å². The second kappa shape index (κ2) is 4.21. The van der Waals surface area contributed by atoms with Crippen LogP contribution in [0.4, 0.5) is 13.2 Å². The SMILES string of the molecule is FC(F)(F)C(Cl)(Cl)Sc1ccccc1. The van der Waals surface area contributed by atoms with Crippen molar-refractivity contribution in [3.63, 3.8) is 0 Å². The van der Waals surface area contributed by atoms with Crippen molar-refractivity contribution in [3.05, 3.63) is 30.3 Å². The summed E-state index contributed by atoms with van der Waals surface area (Å²) in [5, 5.41) is 0. The van der Waals surface area contributed by atoms with E-state index in [1.54, 1.807) is 18.2 Å². The van der Waals surface area contributed by atoms with Crippen LogP contribution in [0.3, 0.4) is 0 Å². The van der Waals surface area contributed by atoms with Gasteiger partial charge in [-0.25, -0.2) is 0 Å². The molecule has 0 bridgehead atoms. The first-order chi connectivity index (χ1) is 6.33. The van der Waals surface area contributed by atoms with E-state index in [1.807, 2.05) is 0 Å². The Morgan fingerprint density at radius 1 is 1.00 bits per heavy atom. The molecule has 0 radical (unpaired) electrons. The van der Waals surface area contributed by atoms with Gasteiger partial charge in [-0.05, 0) is 12.1 Å². The van der Waals surface area contributed by atoms with Gasteiger partial charge < -0.3 is 0 Å². The minimum absolute atomic E-state index is 0.359. The van der Waals surface area contributed by atoms with E-state index in [-0.39, 0.29) is 0 Å². The summed E-state index contributed by atoms with van der Waals surface area (Å²) < 4.78 is 33.9. The van der Waals surface area contributed by atoms with E-state index in [2.05, 4.69) is 0 Å². The van der Waals surface area contributed by atoms with Crippen LogP contribution in [0, 0.1) is 0 Å². The van der Waals surface area contributed by atoms with Crippen LogP contribution in [0.25, 0.3) is 0 Å². The number of alkyl halides is 5. The summed E-state index contributed by atoms with van der Waals surface area (Å²) in [5.74, 6) is 0. The van der Waals surface area contributed by atoms with Crippen molar-refractivity contribution in [2.45, 2.75) is 14.7 Å². The Hall–Kier alpha value is -0.0600. The number of hydrogen-bond donors (Lipinski definition) is 0. The molecule has 14 heavy (non-hydrogen) atoms. The third-order valence-electron chi connectivity index (χ3n) is 1.32. The van der Waals surface area contributed by atoms with Gasteiger partial charge in [0.05, 0.1) is 0 Å². The van der Waals surface area contributed by atoms with Crippen molar-refractivity contribution in [2.75, 3.05) is 0 Å². The van der Waals surface area contributed by atoms with Gasteiger partial charge in [0.15, 0.2) is 0 Å². The minimum atomic E-state index is -4.66. The highest BCUT2D eigenvalue weighted by atomic mass is 35.5. The van der Waals surface area contributed by atoms with E-state index < -0.39 is 9.84 Å². The van der Waals surface area contributed by atoms with Crippen LogP contribution in [-0.4, -0.2) is 9.84 Å². The Morgan fingerprint density at radius 2 is 1.50 bits per heavy atom. The predicted octanol–water partition coefficient (Wildman–Crippen LogP) is 4.47. The van der Waals surface area contributed by atoms with E-state index in [1.165, 1.54) is 12.1 Å². The van der Waals surface area contributed by atoms with Crippen LogP contribution < -0.4 is 0 Å². The molecule has 0 fully saturated rings. The third-order valence-corrected chi connectivity index (χ3v) is 3.21. The molecule has 1 aromatic carbocycles. The molecule has 0 saturated heterocycles. The quantitative estimate of drug-likeness (QED) is 0.559. The third kappa shape index (κ3) is 2.97. The van der Waals surface area contributed by atoms with Gasteiger partial charge in [-0.3, -0.25) is 0 Å². The topological polar surface area (TPSA) is 0 Å². The summed E-state index contributed by atoms with van der Waals surface area (Å²) in [6.07, 6.45) is -4.66. The second-order valence-electron chi connectivity index (χ2n) is 2.43. The molecule has 0 aliphatic rings. The van der Waals surface area contributed by atoms with Gasteiger partial charge >= 0.3 is 6.18 Å². The molecule has 6 heteroatoms. The Kier molecular flexibility index (Phi) is 3.61. The van der Waals surface area contributed by atoms with Crippen molar-refractivity contribution in [1.29, 1.82) is 0 Å². The maximum Gasteiger partial charge on any atom is 0.431 e. The van der Waals surface area contributed by atoms with Gasteiger partial charge in [0.1, 0.15) is 0 Å². The van der Waals surface area contributed by atoms with Gasteiger partial charge in [0.25, 0.3) is 3.67 Å². The minimum Gasteiger partial charge on any atom is -0.167 e. The highest BCUT2D eigenvalue weighted by Crippen LogP contribution is 2.51. The van der Waals surface area contributed by atoms with Gasteiger partial charge in [-0.2, -0.15) is 13.2 Å². The molecule has 0 aromatic heterocycles. The van der Waals surface area contributed by atoms with Crippen molar-refractivity contribution in [2.24, 2.45) is 0 Å². The van der Waals surface area contributed by atoms with Gasteiger partial charge in [-0.15, -0.1) is 0 Å². The molecule has 0 N–H and O–H groups in total. The number of halogens is 5. The first-order valence-corrected chi connectivity index (χ1v) is 5.09. The Balaban J connectivity index is 2.79. The summed E-state index contributed by atoms with van der Waals surface area (Å²) in [6, 6.07) is 7.94. The average molecular weight is 261 g/mol. The molecule has 0 aliphatic heterocycles. The lowest BCUT2D eigenvalue weighted by Crippen LogP contribution is -2.30. The maximum absolute atomic E-state index is 12.2. The summed E-state index contributed by atoms with van der Waals surface area (Å²) in [7, 11) is 0. The number of rotatable bonds is 2. The van der Waals surface area contributed by atoms with E-state index in [0.29, 0.717) is 16.7 Å². The fourth-order valence-electron chi connectivity index (χ4n) is 0.694. The Bertz CT molecular complexity index is 297. The normalized spacial score (nSPS) is 12.9. The molecule has 0 aliphatic carbocycles. The van der Waals surface area contributed by atoms with E-state index in [9.17, 15) is 13.2 Å². The molecule has 0 unspecified atom stereocenters. The fraction of sp³-hybridized carbons (Fsp3) is 0.250. The summed E-state index contributed by atoms with van der Waals surface area (Å²) in [6.45, 7) is 0. The highest BCUT2D eigenvalue weighted by molar-refractivity contribution is 8.03. The zero-order valence-corrected chi connectivity index (χ0v) is 9.01. The highest BCUT2D eigenvalue weighted by Gasteiger charge is 2.53. The smallest absolute Gasteiger partial charge is 0.167 e. The summed E-state index contributed by atoms with van der Waals surface area (Å²) in [5.41, 5.74) is 0. The Morgan fingerprint density at radius 3 is 1.93 bits per heavy atom. The van der Waals surface area contributed by atoms with Crippen LogP contribution in [0.2, 0.25) is 0 Å². The first kappa shape index (κ1) is 12.0. The number of hydrogen-bond acceptors (Lipinski definition) is 1. The molecule has 1 aromatic rings. The average Bonchev–Trinajstić information content (AvgIpc) is 2.03. The lowest BCUT2D eigenvalue weighted by Gasteiger charge is -2.21. The van der Waals surface area contributed by atoms with E-state index in [4.69, 9.17) is 23.2 Å². The molecular formula is C8H5Cl2F3S. The second-order valence-corrected chi connectivity index (χ2v) is 5.49. The summed E-state index contributed by atoms with van der Waals surface area (Å²) in [4.78, 5) is 0.370. The van der Waals surface area contributed by atoms with Gasteiger partial charge in [0.2, 0.25) is 0 Å². The van der Waals surface area contributed by atoms with Crippen LogP contribution >= 0.6 is 35.0 Å². The van der Waals surface area contributed by atoms with E-state index in [0.717, 1.165) is 0 Å². The monoisotopic (exact) mass is 260 g/mol. The van der Waals surface area contributed by atoms with Gasteiger partial charge in [0, 0.05) is 4.90 Å². The number of thioether (sulfide) groups is 1. The van der Waals surface area contributed by atoms with E-state index >= 15 is 0 Å². The van der Waals surface area contributed by atoms with Crippen molar-refractivity contribution in [1.82, 2.24) is 0 Å². The lowest BCUT2D eigenvalue weighted by molar-refractivity contribution is -0.122. The van der Waals surface area contributed by atoms with Gasteiger partial charge in [-0.1, -0.05) is 53.2 Å². The van der Waals surface area contributed by atoms with Crippen LogP contribution in [0.15, 0.2) is 35.2 Å². The standard InChI is InChI=1S/C8H5Cl2F3S/c9-7(10,8(11,12)13)14-6-4-2-1-3-5-6/h1-5H. The first-order valence-electron chi connectivity index (χ1n) is 3.51. The summed E-state index contributed by atoms with van der Waals surface area (Å²) >= 11 is 10.7. The molecule has 0 saturated carbocycles. The molecule has 1 rings (SSSR count). The molecule has 0 spiro atoms. The number of benzene rings is 1. The lowest BCUT2D eigenvalue weighted by atomic mass is 10.4. The van der Waals surface area contributed by atoms with Crippen LogP contribution in [0.5, 0.6) is 0 Å². The maximum atomic E-state index is 12.2. The zero-order chi connectivity index (χ0) is 10.8. The molecule has 78 valence electrons. The van der Waals surface area contributed by atoms with Crippen molar-refractivity contribution < 1.29 is 13.2 Å².